The fourth-order valence-electron chi connectivity index (χ4n) is 1.89. The first-order valence-electron chi connectivity index (χ1n) is 5.82. The number of hydrogen-bond donors (Lipinski definition) is 2. The fraction of sp³-hybridized carbons (Fsp3) is 0.333. The number of benzene rings is 1. The first-order chi connectivity index (χ1) is 9.08. The summed E-state index contributed by atoms with van der Waals surface area (Å²) in [5.74, 6) is -1.91. The molecule has 1 aliphatic rings. The van der Waals surface area contributed by atoms with E-state index >= 15 is 0 Å². The van der Waals surface area contributed by atoms with Crippen molar-refractivity contribution in [2.24, 2.45) is 10.3 Å². The van der Waals surface area contributed by atoms with Gasteiger partial charge in [0.25, 0.3) is 0 Å². The summed E-state index contributed by atoms with van der Waals surface area (Å²) in [7, 11) is 0. The van der Waals surface area contributed by atoms with E-state index in [0.29, 0.717) is 18.7 Å². The van der Waals surface area contributed by atoms with Crippen LogP contribution in [-0.2, 0) is 4.79 Å². The summed E-state index contributed by atoms with van der Waals surface area (Å²) in [6.45, 7) is 0.563. The average molecular weight is 263 g/mol. The van der Waals surface area contributed by atoms with Crippen LogP contribution in [-0.4, -0.2) is 39.7 Å². The van der Waals surface area contributed by atoms with E-state index in [9.17, 15) is 9.59 Å². The number of carboxylic acids is 2. The molecule has 7 nitrogen and oxygen atoms in total. The van der Waals surface area contributed by atoms with E-state index in [4.69, 9.17) is 10.2 Å². The van der Waals surface area contributed by atoms with Gasteiger partial charge in [-0.2, -0.15) is 0 Å². The Hall–Kier alpha value is -2.44. The van der Waals surface area contributed by atoms with E-state index in [1.54, 1.807) is 0 Å². The third-order valence-corrected chi connectivity index (χ3v) is 2.90. The Morgan fingerprint density at radius 1 is 1.21 bits per heavy atom. The minimum Gasteiger partial charge on any atom is -0.480 e. The van der Waals surface area contributed by atoms with Crippen molar-refractivity contribution in [2.45, 2.75) is 18.9 Å². The van der Waals surface area contributed by atoms with Gasteiger partial charge in [0.05, 0.1) is 11.3 Å². The number of aromatic carboxylic acids is 1. The zero-order chi connectivity index (χ0) is 13.8. The molecule has 1 heterocycles. The highest BCUT2D eigenvalue weighted by molar-refractivity contribution is 5.87. The van der Waals surface area contributed by atoms with Crippen molar-refractivity contribution in [3.63, 3.8) is 0 Å². The molecule has 0 aromatic heterocycles. The summed E-state index contributed by atoms with van der Waals surface area (Å²) in [4.78, 5) is 21.6. The highest BCUT2D eigenvalue weighted by Crippen LogP contribution is 2.20. The van der Waals surface area contributed by atoms with Gasteiger partial charge in [-0.15, -0.1) is 5.11 Å². The van der Waals surface area contributed by atoms with Gasteiger partial charge in [-0.3, -0.25) is 5.01 Å². The Bertz CT molecular complexity index is 512. The third kappa shape index (κ3) is 3.06. The number of rotatable bonds is 4. The first-order valence-corrected chi connectivity index (χ1v) is 5.82. The van der Waals surface area contributed by atoms with E-state index in [1.165, 1.54) is 29.3 Å². The fourth-order valence-corrected chi connectivity index (χ4v) is 1.89. The maximum Gasteiger partial charge on any atom is 0.335 e. The molecule has 1 unspecified atom stereocenters. The van der Waals surface area contributed by atoms with Gasteiger partial charge >= 0.3 is 11.9 Å². The highest BCUT2D eigenvalue weighted by Gasteiger charge is 2.29. The molecule has 1 aromatic carbocycles. The largest absolute Gasteiger partial charge is 0.480 e. The van der Waals surface area contributed by atoms with Crippen molar-refractivity contribution in [1.29, 1.82) is 0 Å². The molecule has 19 heavy (non-hydrogen) atoms. The lowest BCUT2D eigenvalue weighted by Gasteiger charge is -2.15. The number of nitrogens with zero attached hydrogens (tertiary/aromatic N) is 3. The van der Waals surface area contributed by atoms with Crippen molar-refractivity contribution in [1.82, 2.24) is 5.01 Å². The number of carbonyl (C=O) groups is 2. The minimum absolute atomic E-state index is 0.170. The van der Waals surface area contributed by atoms with Gasteiger partial charge in [0.15, 0.2) is 0 Å². The Kier molecular flexibility index (Phi) is 3.74. The molecule has 2 N–H and O–H groups in total. The summed E-state index contributed by atoms with van der Waals surface area (Å²) in [6.07, 6.45) is 1.33. The minimum atomic E-state index is -1.01. The van der Waals surface area contributed by atoms with E-state index < -0.39 is 18.0 Å². The van der Waals surface area contributed by atoms with Gasteiger partial charge in [-0.25, -0.2) is 9.59 Å². The Labute approximate surface area is 109 Å². The average Bonchev–Trinajstić information content (AvgIpc) is 2.85. The molecule has 1 aromatic rings. The highest BCUT2D eigenvalue weighted by atomic mass is 16.4. The van der Waals surface area contributed by atoms with Gasteiger partial charge in [-0.1, -0.05) is 5.22 Å². The molecule has 100 valence electrons. The molecule has 1 atom stereocenters. The number of carboxylic acid groups (broad SMARTS) is 2. The monoisotopic (exact) mass is 263 g/mol. The number of hydrogen-bond acceptors (Lipinski definition) is 4. The van der Waals surface area contributed by atoms with Crippen LogP contribution in [0.4, 0.5) is 5.69 Å². The first kappa shape index (κ1) is 13.0. The third-order valence-electron chi connectivity index (χ3n) is 2.90. The standard InChI is InChI=1S/C12H13N3O4/c16-11(17)8-3-5-9(6-4-8)13-14-15-7-1-2-10(15)12(18)19/h3-6,10H,1-2,7H2,(H,16,17)(H,18,19). The van der Waals surface area contributed by atoms with Crippen LogP contribution in [0.15, 0.2) is 34.6 Å². The van der Waals surface area contributed by atoms with Crippen LogP contribution < -0.4 is 0 Å². The van der Waals surface area contributed by atoms with Crippen molar-refractivity contribution < 1.29 is 19.8 Å². The molecule has 7 heteroatoms. The summed E-state index contributed by atoms with van der Waals surface area (Å²) in [5, 5.41) is 27.0. The second-order valence-electron chi connectivity index (χ2n) is 4.20. The van der Waals surface area contributed by atoms with E-state index in [-0.39, 0.29) is 5.56 Å². The summed E-state index contributed by atoms with van der Waals surface area (Å²) < 4.78 is 0. The van der Waals surface area contributed by atoms with Gasteiger partial charge in [-0.05, 0) is 37.1 Å². The zero-order valence-corrected chi connectivity index (χ0v) is 10.1. The molecule has 1 fully saturated rings. The molecule has 0 radical (unpaired) electrons. The van der Waals surface area contributed by atoms with Crippen LogP contribution in [0.3, 0.4) is 0 Å². The zero-order valence-electron chi connectivity index (χ0n) is 10.1. The van der Waals surface area contributed by atoms with Gasteiger partial charge in [0.1, 0.15) is 6.04 Å². The Balaban J connectivity index is 2.06. The molecule has 0 aliphatic carbocycles. The molecule has 0 amide bonds. The number of aliphatic carboxylic acids is 1. The second kappa shape index (κ2) is 5.47. The normalized spacial score (nSPS) is 18.9. The summed E-state index contributed by atoms with van der Waals surface area (Å²) in [5.41, 5.74) is 0.657. The maximum absolute atomic E-state index is 10.9. The van der Waals surface area contributed by atoms with Crippen molar-refractivity contribution in [2.75, 3.05) is 6.54 Å². The predicted molar refractivity (Wildman–Crippen MR) is 65.3 cm³/mol. The maximum atomic E-state index is 10.9. The van der Waals surface area contributed by atoms with Crippen LogP contribution in [0.5, 0.6) is 0 Å². The SMILES string of the molecule is O=C(O)c1ccc(N=NN2CCCC2C(=O)O)cc1. The van der Waals surface area contributed by atoms with Crippen molar-refractivity contribution in [3.05, 3.63) is 29.8 Å². The van der Waals surface area contributed by atoms with Crippen LogP contribution in [0.1, 0.15) is 23.2 Å². The smallest absolute Gasteiger partial charge is 0.335 e. The molecular weight excluding hydrogens is 250 g/mol. The molecule has 0 saturated carbocycles. The topological polar surface area (TPSA) is 103 Å². The molecule has 2 rings (SSSR count). The molecule has 0 spiro atoms. The Morgan fingerprint density at radius 2 is 1.89 bits per heavy atom. The molecule has 1 saturated heterocycles. The molecule has 1 aliphatic heterocycles. The van der Waals surface area contributed by atoms with Crippen LogP contribution in [0.2, 0.25) is 0 Å². The van der Waals surface area contributed by atoms with Crippen LogP contribution in [0, 0.1) is 0 Å². The van der Waals surface area contributed by atoms with Crippen LogP contribution >= 0.6 is 0 Å². The molecule has 0 bridgehead atoms. The van der Waals surface area contributed by atoms with Gasteiger partial charge < -0.3 is 10.2 Å². The predicted octanol–water partition coefficient (Wildman–Crippen LogP) is 1.93. The Morgan fingerprint density at radius 3 is 2.47 bits per heavy atom. The van der Waals surface area contributed by atoms with Crippen LogP contribution in [0.25, 0.3) is 0 Å². The van der Waals surface area contributed by atoms with Crippen molar-refractivity contribution in [3.8, 4) is 0 Å². The van der Waals surface area contributed by atoms with Crippen molar-refractivity contribution >= 4 is 17.6 Å². The summed E-state index contributed by atoms with van der Waals surface area (Å²) >= 11 is 0. The van der Waals surface area contributed by atoms with Gasteiger partial charge in [0, 0.05) is 6.54 Å². The lowest BCUT2D eigenvalue weighted by Crippen LogP contribution is -2.31. The quantitative estimate of drug-likeness (QED) is 0.808. The lowest BCUT2D eigenvalue weighted by atomic mass is 10.2. The van der Waals surface area contributed by atoms with E-state index in [2.05, 4.69) is 10.3 Å². The molecular formula is C12H13N3O4. The lowest BCUT2D eigenvalue weighted by molar-refractivity contribution is -0.142. The summed E-state index contributed by atoms with van der Waals surface area (Å²) in [6, 6.07) is 5.28. The van der Waals surface area contributed by atoms with E-state index in [1.807, 2.05) is 0 Å². The van der Waals surface area contributed by atoms with Gasteiger partial charge in [0.2, 0.25) is 0 Å². The second-order valence-corrected chi connectivity index (χ2v) is 4.20. The van der Waals surface area contributed by atoms with E-state index in [0.717, 1.165) is 6.42 Å².